The lowest BCUT2D eigenvalue weighted by atomic mass is 9.73. The maximum absolute atomic E-state index is 10.1. The van der Waals surface area contributed by atoms with Gasteiger partial charge in [0.25, 0.3) is 0 Å². The normalized spacial score (nSPS) is 40.5. The predicted molar refractivity (Wildman–Crippen MR) is 65.3 cm³/mol. The molecule has 1 heterocycles. The molecule has 0 radical (unpaired) electrons. The third-order valence-electron chi connectivity index (χ3n) is 4.52. The summed E-state index contributed by atoms with van der Waals surface area (Å²) in [7, 11) is 0. The Morgan fingerprint density at radius 2 is 2.06 bits per heavy atom. The average molecular weight is 226 g/mol. The van der Waals surface area contributed by atoms with Crippen LogP contribution in [-0.4, -0.2) is 23.9 Å². The number of aliphatic hydroxyl groups excluding tert-OH is 1. The maximum Gasteiger partial charge on any atom is 0.0579 e. The van der Waals surface area contributed by atoms with Gasteiger partial charge in [0.15, 0.2) is 0 Å². The zero-order valence-corrected chi connectivity index (χ0v) is 10.7. The number of aliphatic hydroxyl groups is 1. The summed E-state index contributed by atoms with van der Waals surface area (Å²) in [6, 6.07) is 0. The highest BCUT2D eigenvalue weighted by atomic mass is 16.5. The molecule has 1 saturated heterocycles. The Balaban J connectivity index is 1.85. The molecule has 94 valence electrons. The molecule has 1 saturated carbocycles. The smallest absolute Gasteiger partial charge is 0.0579 e. The highest BCUT2D eigenvalue weighted by molar-refractivity contribution is 4.83. The van der Waals surface area contributed by atoms with Crippen LogP contribution < -0.4 is 0 Å². The van der Waals surface area contributed by atoms with E-state index in [1.54, 1.807) is 0 Å². The molecule has 2 aliphatic rings. The molecule has 1 N–H and O–H groups in total. The monoisotopic (exact) mass is 226 g/mol. The summed E-state index contributed by atoms with van der Waals surface area (Å²) in [5.41, 5.74) is 0. The first-order chi connectivity index (χ1) is 7.66. The first-order valence-corrected chi connectivity index (χ1v) is 6.96. The quantitative estimate of drug-likeness (QED) is 0.801. The van der Waals surface area contributed by atoms with E-state index in [4.69, 9.17) is 4.74 Å². The highest BCUT2D eigenvalue weighted by Gasteiger charge is 2.33. The van der Waals surface area contributed by atoms with Crippen molar-refractivity contribution in [1.82, 2.24) is 0 Å². The molecular formula is C14H26O2. The maximum atomic E-state index is 10.1. The van der Waals surface area contributed by atoms with E-state index in [2.05, 4.69) is 13.8 Å². The van der Waals surface area contributed by atoms with E-state index in [9.17, 15) is 5.11 Å². The van der Waals surface area contributed by atoms with E-state index in [1.807, 2.05) is 0 Å². The average Bonchev–Trinajstić information content (AvgIpc) is 2.73. The van der Waals surface area contributed by atoms with Gasteiger partial charge in [0.1, 0.15) is 0 Å². The van der Waals surface area contributed by atoms with Gasteiger partial charge in [-0.2, -0.15) is 0 Å². The van der Waals surface area contributed by atoms with Crippen LogP contribution >= 0.6 is 0 Å². The minimum Gasteiger partial charge on any atom is -0.393 e. The van der Waals surface area contributed by atoms with Crippen LogP contribution in [0.3, 0.4) is 0 Å². The molecule has 0 amide bonds. The van der Waals surface area contributed by atoms with Crippen molar-refractivity contribution in [3.05, 3.63) is 0 Å². The SMILES string of the molecule is CC(C)C1CCC(O)C(CC2CCCO2)C1. The summed E-state index contributed by atoms with van der Waals surface area (Å²) >= 11 is 0. The summed E-state index contributed by atoms with van der Waals surface area (Å²) in [4.78, 5) is 0. The summed E-state index contributed by atoms with van der Waals surface area (Å²) in [5, 5.41) is 10.1. The summed E-state index contributed by atoms with van der Waals surface area (Å²) in [6.45, 7) is 5.55. The van der Waals surface area contributed by atoms with Crippen molar-refractivity contribution in [3.8, 4) is 0 Å². The van der Waals surface area contributed by atoms with Crippen LogP contribution in [0.5, 0.6) is 0 Å². The van der Waals surface area contributed by atoms with Crippen LogP contribution in [-0.2, 0) is 4.74 Å². The Kier molecular flexibility index (Phi) is 4.26. The minimum absolute atomic E-state index is 0.0702. The van der Waals surface area contributed by atoms with Crippen molar-refractivity contribution in [2.75, 3.05) is 6.61 Å². The van der Waals surface area contributed by atoms with Crippen LogP contribution in [0.15, 0.2) is 0 Å². The fourth-order valence-corrected chi connectivity index (χ4v) is 3.31. The number of hydrogen-bond acceptors (Lipinski definition) is 2. The van der Waals surface area contributed by atoms with Gasteiger partial charge in [-0.25, -0.2) is 0 Å². The second-order valence-electron chi connectivity index (χ2n) is 6.02. The zero-order chi connectivity index (χ0) is 11.5. The standard InChI is InChI=1S/C14H26O2/c1-10(2)11-5-6-14(15)12(8-11)9-13-4-3-7-16-13/h10-15H,3-9H2,1-2H3. The molecule has 2 nitrogen and oxygen atoms in total. The molecule has 2 heteroatoms. The molecule has 2 fully saturated rings. The largest absolute Gasteiger partial charge is 0.393 e. The number of ether oxygens (including phenoxy) is 1. The van der Waals surface area contributed by atoms with Gasteiger partial charge in [0.05, 0.1) is 12.2 Å². The first kappa shape index (κ1) is 12.4. The Hall–Kier alpha value is -0.0800. The van der Waals surface area contributed by atoms with E-state index >= 15 is 0 Å². The lowest BCUT2D eigenvalue weighted by molar-refractivity contribution is 0.00184. The summed E-state index contributed by atoms with van der Waals surface area (Å²) in [5.74, 6) is 2.07. The van der Waals surface area contributed by atoms with E-state index in [0.717, 1.165) is 31.3 Å². The van der Waals surface area contributed by atoms with Gasteiger partial charge in [0, 0.05) is 6.61 Å². The van der Waals surface area contributed by atoms with Gasteiger partial charge in [-0.15, -0.1) is 0 Å². The lowest BCUT2D eigenvalue weighted by Crippen LogP contribution is -2.33. The Bertz CT molecular complexity index is 207. The molecule has 0 aromatic rings. The van der Waals surface area contributed by atoms with Crippen LogP contribution in [0.2, 0.25) is 0 Å². The molecule has 1 aliphatic heterocycles. The van der Waals surface area contributed by atoms with Gasteiger partial charge >= 0.3 is 0 Å². The molecule has 4 atom stereocenters. The Labute approximate surface area is 99.4 Å². The van der Waals surface area contributed by atoms with Crippen molar-refractivity contribution < 1.29 is 9.84 Å². The molecule has 4 unspecified atom stereocenters. The number of hydrogen-bond donors (Lipinski definition) is 1. The fourth-order valence-electron chi connectivity index (χ4n) is 3.31. The number of rotatable bonds is 3. The molecule has 0 spiro atoms. The molecule has 2 rings (SSSR count). The van der Waals surface area contributed by atoms with Gasteiger partial charge in [-0.05, 0) is 56.3 Å². The second kappa shape index (κ2) is 5.50. The van der Waals surface area contributed by atoms with E-state index in [0.29, 0.717) is 12.0 Å². The second-order valence-corrected chi connectivity index (χ2v) is 6.02. The van der Waals surface area contributed by atoms with Crippen molar-refractivity contribution in [3.63, 3.8) is 0 Å². The third kappa shape index (κ3) is 2.98. The molecule has 1 aliphatic carbocycles. The zero-order valence-electron chi connectivity index (χ0n) is 10.7. The van der Waals surface area contributed by atoms with Crippen molar-refractivity contribution in [2.24, 2.45) is 17.8 Å². The van der Waals surface area contributed by atoms with Gasteiger partial charge in [-0.3, -0.25) is 0 Å². The van der Waals surface area contributed by atoms with E-state index in [-0.39, 0.29) is 6.10 Å². The molecule has 16 heavy (non-hydrogen) atoms. The molecule has 0 aromatic heterocycles. The molecule has 0 bridgehead atoms. The van der Waals surface area contributed by atoms with Gasteiger partial charge in [-0.1, -0.05) is 13.8 Å². The Morgan fingerprint density at radius 3 is 2.69 bits per heavy atom. The van der Waals surface area contributed by atoms with Crippen LogP contribution in [0, 0.1) is 17.8 Å². The van der Waals surface area contributed by atoms with E-state index in [1.165, 1.54) is 25.7 Å². The highest BCUT2D eigenvalue weighted by Crippen LogP contribution is 2.37. The van der Waals surface area contributed by atoms with Gasteiger partial charge in [0.2, 0.25) is 0 Å². The van der Waals surface area contributed by atoms with Crippen molar-refractivity contribution in [2.45, 2.75) is 64.6 Å². The summed E-state index contributed by atoms with van der Waals surface area (Å²) < 4.78 is 5.69. The van der Waals surface area contributed by atoms with Crippen LogP contribution in [0.4, 0.5) is 0 Å². The molecule has 0 aromatic carbocycles. The molecular weight excluding hydrogens is 200 g/mol. The van der Waals surface area contributed by atoms with Crippen molar-refractivity contribution >= 4 is 0 Å². The summed E-state index contributed by atoms with van der Waals surface area (Å²) in [6.07, 6.45) is 7.28. The van der Waals surface area contributed by atoms with Gasteiger partial charge < -0.3 is 9.84 Å². The topological polar surface area (TPSA) is 29.5 Å². The van der Waals surface area contributed by atoms with Crippen LogP contribution in [0.1, 0.15) is 52.4 Å². The first-order valence-electron chi connectivity index (χ1n) is 6.96. The Morgan fingerprint density at radius 1 is 1.25 bits per heavy atom. The van der Waals surface area contributed by atoms with E-state index < -0.39 is 0 Å². The van der Waals surface area contributed by atoms with Crippen molar-refractivity contribution in [1.29, 1.82) is 0 Å². The lowest BCUT2D eigenvalue weighted by Gasteiger charge is -2.36. The minimum atomic E-state index is -0.0702. The fraction of sp³-hybridized carbons (Fsp3) is 1.00. The third-order valence-corrected chi connectivity index (χ3v) is 4.52. The van der Waals surface area contributed by atoms with Crippen LogP contribution in [0.25, 0.3) is 0 Å². The predicted octanol–water partition coefficient (Wildman–Crippen LogP) is 2.99.